The molecule has 1 aromatic rings. The summed E-state index contributed by atoms with van der Waals surface area (Å²) in [7, 11) is 3.16. The molecule has 1 aromatic heterocycles. The summed E-state index contributed by atoms with van der Waals surface area (Å²) >= 11 is 0. The molecule has 0 unspecified atom stereocenters. The maximum Gasteiger partial charge on any atom is 0.342 e. The highest BCUT2D eigenvalue weighted by atomic mass is 16.6. The molecule has 0 aliphatic carbocycles. The fourth-order valence-corrected chi connectivity index (χ4v) is 0.819. The zero-order chi connectivity index (χ0) is 9.14. The molecule has 0 atom stereocenters. The number of rotatable bonds is 2. The topological polar surface area (TPSA) is 73.3 Å². The lowest BCUT2D eigenvalue weighted by Gasteiger charge is -1.92. The predicted molar refractivity (Wildman–Crippen MR) is 43.4 cm³/mol. The fraction of sp³-hybridized carbons (Fsp3) is 0.333. The number of aliphatic imine (C=N–C) groups is 1. The number of hydrogen-bond acceptors (Lipinski definition) is 4. The van der Waals surface area contributed by atoms with Crippen molar-refractivity contribution in [1.29, 1.82) is 0 Å². The molecule has 1 heterocycles. The second-order valence-corrected chi connectivity index (χ2v) is 2.18. The van der Waals surface area contributed by atoms with Crippen LogP contribution < -0.4 is 0 Å². The van der Waals surface area contributed by atoms with Crippen LogP contribution in [0, 0.1) is 10.1 Å². The maximum atomic E-state index is 10.3. The molecule has 0 N–H and O–H groups in total. The minimum Gasteiger partial charge on any atom is -0.358 e. The summed E-state index contributed by atoms with van der Waals surface area (Å²) in [6.07, 6.45) is 2.67. The summed E-state index contributed by atoms with van der Waals surface area (Å²) in [5.74, 6) is 0.439. The van der Waals surface area contributed by atoms with Crippen LogP contribution >= 0.6 is 0 Å². The van der Waals surface area contributed by atoms with Crippen LogP contribution in [0.1, 0.15) is 5.82 Å². The summed E-state index contributed by atoms with van der Waals surface area (Å²) in [6, 6.07) is 0. The van der Waals surface area contributed by atoms with Crippen LogP contribution in [0.25, 0.3) is 0 Å². The van der Waals surface area contributed by atoms with E-state index in [9.17, 15) is 10.1 Å². The first-order valence-electron chi connectivity index (χ1n) is 3.25. The molecule has 6 nitrogen and oxygen atoms in total. The molecule has 64 valence electrons. The van der Waals surface area contributed by atoms with Gasteiger partial charge < -0.3 is 10.1 Å². The van der Waals surface area contributed by atoms with Crippen LogP contribution in [0.4, 0.5) is 5.82 Å². The molecular formula is C6H8N4O2. The zero-order valence-electron chi connectivity index (χ0n) is 6.76. The lowest BCUT2D eigenvalue weighted by Crippen LogP contribution is -2.00. The van der Waals surface area contributed by atoms with Crippen molar-refractivity contribution < 1.29 is 4.92 Å². The highest BCUT2D eigenvalue weighted by Crippen LogP contribution is 2.09. The maximum absolute atomic E-state index is 10.3. The Morgan fingerprint density at radius 3 is 2.92 bits per heavy atom. The Morgan fingerprint density at radius 2 is 2.50 bits per heavy atom. The van der Waals surface area contributed by atoms with Crippen LogP contribution in [-0.2, 0) is 7.05 Å². The van der Waals surface area contributed by atoms with E-state index in [1.54, 1.807) is 14.1 Å². The molecule has 12 heavy (non-hydrogen) atoms. The van der Waals surface area contributed by atoms with Gasteiger partial charge in [0.1, 0.15) is 6.20 Å². The Hall–Kier alpha value is -1.72. The Kier molecular flexibility index (Phi) is 2.18. The van der Waals surface area contributed by atoms with Gasteiger partial charge in [0.15, 0.2) is 0 Å². The van der Waals surface area contributed by atoms with Crippen molar-refractivity contribution in [3.05, 3.63) is 22.1 Å². The Morgan fingerprint density at radius 1 is 1.83 bits per heavy atom. The highest BCUT2D eigenvalue weighted by molar-refractivity contribution is 5.75. The summed E-state index contributed by atoms with van der Waals surface area (Å²) in [4.78, 5) is 17.4. The van der Waals surface area contributed by atoms with E-state index >= 15 is 0 Å². The van der Waals surface area contributed by atoms with E-state index in [0.717, 1.165) is 0 Å². The monoisotopic (exact) mass is 168 g/mol. The van der Waals surface area contributed by atoms with E-state index in [1.165, 1.54) is 17.0 Å². The van der Waals surface area contributed by atoms with Gasteiger partial charge in [0.05, 0.1) is 13.3 Å². The van der Waals surface area contributed by atoms with Crippen molar-refractivity contribution in [1.82, 2.24) is 9.55 Å². The van der Waals surface area contributed by atoms with E-state index in [0.29, 0.717) is 5.82 Å². The average molecular weight is 168 g/mol. The third kappa shape index (κ3) is 1.31. The van der Waals surface area contributed by atoms with Crippen molar-refractivity contribution >= 4 is 12.0 Å². The first-order valence-corrected chi connectivity index (χ1v) is 3.25. The summed E-state index contributed by atoms with van der Waals surface area (Å²) in [5.41, 5.74) is 0. The number of hydrogen-bond donors (Lipinski definition) is 0. The van der Waals surface area contributed by atoms with Crippen molar-refractivity contribution in [2.75, 3.05) is 7.05 Å². The largest absolute Gasteiger partial charge is 0.358 e. The molecule has 0 aromatic carbocycles. The minimum atomic E-state index is -0.486. The van der Waals surface area contributed by atoms with E-state index in [4.69, 9.17) is 0 Å². The summed E-state index contributed by atoms with van der Waals surface area (Å²) in [5, 5.41) is 10.3. The van der Waals surface area contributed by atoms with Crippen LogP contribution in [0.5, 0.6) is 0 Å². The lowest BCUT2D eigenvalue weighted by molar-refractivity contribution is -0.391. The summed E-state index contributed by atoms with van der Waals surface area (Å²) < 4.78 is 1.37. The Bertz CT molecular complexity index is 328. The van der Waals surface area contributed by atoms with E-state index in [2.05, 4.69) is 9.98 Å². The predicted octanol–water partition coefficient (Wildman–Crippen LogP) is 0.377. The van der Waals surface area contributed by atoms with Gasteiger partial charge in [-0.15, -0.1) is 0 Å². The second-order valence-electron chi connectivity index (χ2n) is 2.18. The van der Waals surface area contributed by atoms with Gasteiger partial charge in [-0.2, -0.15) is 0 Å². The minimum absolute atomic E-state index is 0.0371. The first-order chi connectivity index (χ1) is 5.66. The molecule has 0 saturated carbocycles. The molecule has 0 aliphatic rings. The van der Waals surface area contributed by atoms with Crippen molar-refractivity contribution in [3.8, 4) is 0 Å². The van der Waals surface area contributed by atoms with E-state index < -0.39 is 4.92 Å². The van der Waals surface area contributed by atoms with Gasteiger partial charge in [-0.05, 0) is 4.92 Å². The molecular weight excluding hydrogens is 160 g/mol. The molecule has 0 radical (unpaired) electrons. The number of aromatic nitrogens is 2. The standard InChI is InChI=1S/C6H8N4O2/c1-7-3-5-8-4-6(9(5)2)10(11)12/h3-4H,1-2H3/b7-3+. The number of nitrogens with zero attached hydrogens (tertiary/aromatic N) is 4. The highest BCUT2D eigenvalue weighted by Gasteiger charge is 2.13. The molecule has 0 saturated heterocycles. The average Bonchev–Trinajstić information content (AvgIpc) is 2.34. The fourth-order valence-electron chi connectivity index (χ4n) is 0.819. The normalized spacial score (nSPS) is 10.8. The van der Waals surface area contributed by atoms with Crippen molar-refractivity contribution in [2.45, 2.75) is 0 Å². The van der Waals surface area contributed by atoms with Crippen LogP contribution in [0.2, 0.25) is 0 Å². The molecule has 1 rings (SSSR count). The molecule has 0 fully saturated rings. The second kappa shape index (κ2) is 3.12. The lowest BCUT2D eigenvalue weighted by atomic mass is 10.6. The van der Waals surface area contributed by atoms with Gasteiger partial charge in [0.2, 0.25) is 5.82 Å². The van der Waals surface area contributed by atoms with Gasteiger partial charge in [0.25, 0.3) is 0 Å². The molecule has 0 bridgehead atoms. The van der Waals surface area contributed by atoms with Gasteiger partial charge in [-0.3, -0.25) is 4.99 Å². The smallest absolute Gasteiger partial charge is 0.342 e. The van der Waals surface area contributed by atoms with Crippen LogP contribution in [0.3, 0.4) is 0 Å². The van der Waals surface area contributed by atoms with E-state index in [-0.39, 0.29) is 5.82 Å². The molecule has 0 amide bonds. The SMILES string of the molecule is C/N=C/c1ncc([N+](=O)[O-])n1C. The molecule has 0 spiro atoms. The van der Waals surface area contributed by atoms with Crippen LogP contribution in [0.15, 0.2) is 11.2 Å². The zero-order valence-corrected chi connectivity index (χ0v) is 6.76. The summed E-state index contributed by atoms with van der Waals surface area (Å²) in [6.45, 7) is 0. The van der Waals surface area contributed by atoms with Crippen LogP contribution in [-0.4, -0.2) is 27.7 Å². The molecule has 0 aliphatic heterocycles. The Labute approximate surface area is 68.7 Å². The van der Waals surface area contributed by atoms with Crippen molar-refractivity contribution in [3.63, 3.8) is 0 Å². The van der Waals surface area contributed by atoms with E-state index in [1.807, 2.05) is 0 Å². The third-order valence-electron chi connectivity index (χ3n) is 1.43. The van der Waals surface area contributed by atoms with Gasteiger partial charge in [0, 0.05) is 7.05 Å². The third-order valence-corrected chi connectivity index (χ3v) is 1.43. The first kappa shape index (κ1) is 8.38. The number of imidazole rings is 1. The Balaban J connectivity index is 3.12. The van der Waals surface area contributed by atoms with Gasteiger partial charge in [-0.25, -0.2) is 9.55 Å². The van der Waals surface area contributed by atoms with Gasteiger partial charge >= 0.3 is 5.82 Å². The van der Waals surface area contributed by atoms with Gasteiger partial charge in [-0.1, -0.05) is 0 Å². The molecule has 6 heteroatoms. The quantitative estimate of drug-likeness (QED) is 0.364. The van der Waals surface area contributed by atoms with Crippen molar-refractivity contribution in [2.24, 2.45) is 12.0 Å². The number of nitro groups is 1.